The summed E-state index contributed by atoms with van der Waals surface area (Å²) in [5, 5.41) is 8.51. The van der Waals surface area contributed by atoms with E-state index in [0.717, 1.165) is 18.9 Å². The molecule has 3 aliphatic rings. The van der Waals surface area contributed by atoms with Gasteiger partial charge in [0.15, 0.2) is 0 Å². The second-order valence-corrected chi connectivity index (χ2v) is 9.18. The zero-order valence-electron chi connectivity index (χ0n) is 19.7. The number of hydrogen-bond acceptors (Lipinski definition) is 6. The van der Waals surface area contributed by atoms with Crippen molar-refractivity contribution in [1.82, 2.24) is 0 Å². The van der Waals surface area contributed by atoms with Crippen LogP contribution in [-0.2, 0) is 28.5 Å². The van der Waals surface area contributed by atoms with Crippen LogP contribution >= 0.6 is 0 Å². The Morgan fingerprint density at radius 2 is 1.73 bits per heavy atom. The van der Waals surface area contributed by atoms with Crippen molar-refractivity contribution in [2.45, 2.75) is 69.5 Å². The molecule has 0 bridgehead atoms. The van der Waals surface area contributed by atoms with E-state index < -0.39 is 11.9 Å². The number of carboxylic acid groups (broad SMARTS) is 1. The number of carboxylic acids is 1. The highest BCUT2D eigenvalue weighted by atomic mass is 16.6. The molecule has 1 aliphatic carbocycles. The van der Waals surface area contributed by atoms with Crippen LogP contribution < -0.4 is 0 Å². The first kappa shape index (κ1) is 25.1. The van der Waals surface area contributed by atoms with Crippen LogP contribution in [0.3, 0.4) is 0 Å². The van der Waals surface area contributed by atoms with Gasteiger partial charge in [0.05, 0.1) is 18.6 Å². The number of hydrogen-bond donors (Lipinski definition) is 1. The monoisotopic (exact) mass is 458 g/mol. The van der Waals surface area contributed by atoms with Crippen molar-refractivity contribution < 1.29 is 33.6 Å². The first-order chi connectivity index (χ1) is 15.7. The molecule has 2 aliphatic heterocycles. The van der Waals surface area contributed by atoms with Crippen molar-refractivity contribution in [1.29, 1.82) is 0 Å². The summed E-state index contributed by atoms with van der Waals surface area (Å²) < 4.78 is 23.8. The van der Waals surface area contributed by atoms with Crippen molar-refractivity contribution in [3.05, 3.63) is 60.3 Å². The summed E-state index contributed by atoms with van der Waals surface area (Å²) in [4.78, 5) is 22.8. The Kier molecular flexibility index (Phi) is 8.10. The minimum atomic E-state index is -1.00. The molecule has 1 spiro atoms. The number of esters is 1. The summed E-state index contributed by atoms with van der Waals surface area (Å²) in [5.74, 6) is -1.45. The molecule has 3 fully saturated rings. The number of rotatable bonds is 10. The lowest BCUT2D eigenvalue weighted by Crippen LogP contribution is -2.55. The van der Waals surface area contributed by atoms with Gasteiger partial charge >= 0.3 is 11.9 Å². The number of allylic oxidation sites excluding steroid dienone is 7. The fourth-order valence-electron chi connectivity index (χ4n) is 4.79. The average molecular weight is 459 g/mol. The number of aliphatic carboxylic acids is 1. The summed E-state index contributed by atoms with van der Waals surface area (Å²) in [6.45, 7) is 6.96. The Labute approximate surface area is 195 Å². The summed E-state index contributed by atoms with van der Waals surface area (Å²) in [6.07, 6.45) is 16.0. The molecule has 0 amide bonds. The van der Waals surface area contributed by atoms with Crippen LogP contribution in [0.25, 0.3) is 0 Å². The van der Waals surface area contributed by atoms with E-state index in [4.69, 9.17) is 24.1 Å². The molecule has 180 valence electrons. The lowest BCUT2D eigenvalue weighted by molar-refractivity contribution is -0.166. The normalized spacial score (nSPS) is 35.6. The van der Waals surface area contributed by atoms with Gasteiger partial charge in [0.25, 0.3) is 0 Å². The lowest BCUT2D eigenvalue weighted by atomic mass is 9.68. The second-order valence-electron chi connectivity index (χ2n) is 9.18. The van der Waals surface area contributed by atoms with Gasteiger partial charge < -0.3 is 24.1 Å². The summed E-state index contributed by atoms with van der Waals surface area (Å²) in [7, 11) is 1.65. The van der Waals surface area contributed by atoms with Crippen LogP contribution in [-0.4, -0.2) is 60.3 Å². The van der Waals surface area contributed by atoms with Gasteiger partial charge in [-0.1, -0.05) is 48.1 Å². The minimum Gasteiger partial charge on any atom is -0.478 e. The Balaban J connectivity index is 1.59. The number of ether oxygens (including phenoxy) is 4. The van der Waals surface area contributed by atoms with Crippen molar-refractivity contribution in [3.8, 4) is 0 Å². The molecular weight excluding hydrogens is 424 g/mol. The molecule has 0 aromatic rings. The van der Waals surface area contributed by atoms with E-state index in [1.165, 1.54) is 17.7 Å². The Bertz CT molecular complexity index is 873. The smallest absolute Gasteiger partial charge is 0.331 e. The molecule has 1 N–H and O–H groups in total. The molecule has 0 unspecified atom stereocenters. The van der Waals surface area contributed by atoms with E-state index in [2.05, 4.69) is 26.8 Å². The van der Waals surface area contributed by atoms with Crippen molar-refractivity contribution >= 4 is 11.9 Å². The van der Waals surface area contributed by atoms with E-state index in [1.54, 1.807) is 37.5 Å². The van der Waals surface area contributed by atoms with Gasteiger partial charge in [-0.3, -0.25) is 0 Å². The second kappa shape index (κ2) is 10.6. The van der Waals surface area contributed by atoms with Crippen LogP contribution in [0.1, 0.15) is 40.0 Å². The third-order valence-corrected chi connectivity index (χ3v) is 6.53. The van der Waals surface area contributed by atoms with Crippen molar-refractivity contribution in [2.24, 2.45) is 5.92 Å². The Hall–Kier alpha value is -2.48. The highest BCUT2D eigenvalue weighted by Gasteiger charge is 2.72. The highest BCUT2D eigenvalue weighted by molar-refractivity contribution is 5.82. The number of carbonyl (C=O) groups excluding carboxylic acids is 1. The molecule has 0 aromatic heterocycles. The molecule has 1 saturated carbocycles. The number of carbonyl (C=O) groups is 2. The number of epoxide rings is 2. The van der Waals surface area contributed by atoms with Crippen molar-refractivity contribution in [3.63, 3.8) is 0 Å². The van der Waals surface area contributed by atoms with Gasteiger partial charge in [-0.25, -0.2) is 9.59 Å². The van der Waals surface area contributed by atoms with Crippen molar-refractivity contribution in [2.75, 3.05) is 13.7 Å². The van der Waals surface area contributed by atoms with Crippen LogP contribution in [0.4, 0.5) is 0 Å². The third kappa shape index (κ3) is 6.31. The fraction of sp³-hybridized carbons (Fsp3) is 0.538. The zero-order chi connectivity index (χ0) is 24.1. The maximum atomic E-state index is 12.4. The summed E-state index contributed by atoms with van der Waals surface area (Å²) in [5.41, 5.74) is 0.642. The van der Waals surface area contributed by atoms with Crippen LogP contribution in [0.2, 0.25) is 0 Å². The molecular formula is C26H34O7. The molecule has 7 heteroatoms. The van der Waals surface area contributed by atoms with E-state index >= 15 is 0 Å². The van der Waals surface area contributed by atoms with Gasteiger partial charge in [-0.05, 0) is 40.0 Å². The molecule has 7 nitrogen and oxygen atoms in total. The molecule has 2 saturated heterocycles. The quantitative estimate of drug-likeness (QED) is 0.174. The van der Waals surface area contributed by atoms with Crippen LogP contribution in [0.15, 0.2) is 60.3 Å². The highest BCUT2D eigenvalue weighted by Crippen LogP contribution is 2.59. The van der Waals surface area contributed by atoms with Gasteiger partial charge in [0.2, 0.25) is 0 Å². The van der Waals surface area contributed by atoms with Gasteiger partial charge in [0, 0.05) is 19.3 Å². The first-order valence-corrected chi connectivity index (χ1v) is 11.3. The van der Waals surface area contributed by atoms with Crippen LogP contribution in [0, 0.1) is 5.92 Å². The summed E-state index contributed by atoms with van der Waals surface area (Å²) in [6, 6.07) is 0. The third-order valence-electron chi connectivity index (χ3n) is 6.53. The summed E-state index contributed by atoms with van der Waals surface area (Å²) >= 11 is 0. The van der Waals surface area contributed by atoms with Crippen LogP contribution in [0.5, 0.6) is 0 Å². The molecule has 3 rings (SSSR count). The molecule has 2 heterocycles. The Morgan fingerprint density at radius 1 is 1.09 bits per heavy atom. The van der Waals surface area contributed by atoms with Gasteiger partial charge in [-0.15, -0.1) is 0 Å². The van der Waals surface area contributed by atoms with E-state index in [1.807, 2.05) is 0 Å². The van der Waals surface area contributed by atoms with E-state index in [9.17, 15) is 9.59 Å². The standard InChI is InChI=1S/C26H34O7/c1-18(2)13-14-20-25(3,33-20)24-23(30-4)19(15-16-26(24)17-31-26)32-22(29)12-10-8-6-5-7-9-11-21(27)28/h5-13,19-20,23-24H,14-17H2,1-4H3,(H,27,28)/b7-5+,8-6+,11-9+,12-10+/t19-,20+,23-,24-,25-,26-/m0/s1. The number of methoxy groups -OCH3 is 1. The van der Waals surface area contributed by atoms with E-state index in [0.29, 0.717) is 13.0 Å². The topological polar surface area (TPSA) is 97.9 Å². The largest absolute Gasteiger partial charge is 0.478 e. The lowest BCUT2D eigenvalue weighted by Gasteiger charge is -2.42. The molecule has 6 atom stereocenters. The zero-order valence-corrected chi connectivity index (χ0v) is 19.7. The van der Waals surface area contributed by atoms with E-state index in [-0.39, 0.29) is 35.4 Å². The minimum absolute atomic E-state index is 0.00928. The molecule has 33 heavy (non-hydrogen) atoms. The average Bonchev–Trinajstić information content (AvgIpc) is 3.67. The SMILES string of the molecule is CO[C@H]1[C@@H](OC(=O)/C=C/C=C/C=C/C=C/C(=O)O)CC[C@]2(CO2)[C@@H]1[C@@]1(C)O[C@@H]1CC=C(C)C. The molecule has 0 radical (unpaired) electrons. The maximum Gasteiger partial charge on any atom is 0.331 e. The fourth-order valence-corrected chi connectivity index (χ4v) is 4.79. The predicted molar refractivity (Wildman–Crippen MR) is 124 cm³/mol. The predicted octanol–water partition coefficient (Wildman–Crippen LogP) is 3.92. The van der Waals surface area contributed by atoms with Gasteiger partial charge in [0.1, 0.15) is 23.4 Å². The maximum absolute atomic E-state index is 12.4. The van der Waals surface area contributed by atoms with Gasteiger partial charge in [-0.2, -0.15) is 0 Å². The Morgan fingerprint density at radius 3 is 2.30 bits per heavy atom. The molecule has 0 aromatic carbocycles. The first-order valence-electron chi connectivity index (χ1n) is 11.3.